The number of carbonyl (C=O) groups is 1. The number of likely N-dealkylation sites (N-methyl/N-ethyl adjacent to an activating group) is 1. The SMILES string of the molecule is CN(C[C@@H]1C[C@H](F)CN1Cc1cncnc1)[C@@H]1CCOC1=O. The molecule has 0 unspecified atom stereocenters. The standard InChI is InChI=1S/C15H21FN4O2/c1-19(14-2-3-22-15(14)21)9-13-4-12(16)8-20(13)7-11-5-17-10-18-6-11/h5-6,10,12-14H,2-4,7-9H2,1H3/t12-,13-,14+/m0/s1. The Morgan fingerprint density at radius 1 is 1.45 bits per heavy atom. The Kier molecular flexibility index (Phi) is 4.63. The molecule has 0 radical (unpaired) electrons. The average molecular weight is 308 g/mol. The van der Waals surface area contributed by atoms with Gasteiger partial charge in [-0.25, -0.2) is 14.4 Å². The molecule has 0 saturated carbocycles. The molecule has 0 spiro atoms. The summed E-state index contributed by atoms with van der Waals surface area (Å²) in [6, 6.07) is -0.103. The molecule has 3 heterocycles. The highest BCUT2D eigenvalue weighted by molar-refractivity contribution is 5.77. The van der Waals surface area contributed by atoms with Crippen LogP contribution in [0.3, 0.4) is 0 Å². The first-order valence-corrected chi connectivity index (χ1v) is 7.62. The molecule has 1 aromatic heterocycles. The fraction of sp³-hybridized carbons (Fsp3) is 0.667. The summed E-state index contributed by atoms with van der Waals surface area (Å²) in [5.74, 6) is -0.166. The third kappa shape index (κ3) is 3.41. The average Bonchev–Trinajstić information content (AvgIpc) is 3.06. The van der Waals surface area contributed by atoms with Crippen LogP contribution in [0.5, 0.6) is 0 Å². The number of rotatable bonds is 5. The van der Waals surface area contributed by atoms with E-state index < -0.39 is 6.17 Å². The molecule has 120 valence electrons. The summed E-state index contributed by atoms with van der Waals surface area (Å²) in [7, 11) is 1.91. The minimum atomic E-state index is -0.821. The number of ether oxygens (including phenoxy) is 1. The van der Waals surface area contributed by atoms with Crippen LogP contribution < -0.4 is 0 Å². The lowest BCUT2D eigenvalue weighted by molar-refractivity contribution is -0.142. The number of hydrogen-bond acceptors (Lipinski definition) is 6. The molecule has 2 saturated heterocycles. The third-order valence-electron chi connectivity index (χ3n) is 4.42. The van der Waals surface area contributed by atoms with Gasteiger partial charge in [-0.15, -0.1) is 0 Å². The number of likely N-dealkylation sites (tertiary alicyclic amines) is 1. The van der Waals surface area contributed by atoms with Crippen molar-refractivity contribution < 1.29 is 13.9 Å². The fourth-order valence-corrected chi connectivity index (χ4v) is 3.30. The second-order valence-electron chi connectivity index (χ2n) is 6.07. The van der Waals surface area contributed by atoms with E-state index in [4.69, 9.17) is 4.74 Å². The van der Waals surface area contributed by atoms with E-state index in [2.05, 4.69) is 14.9 Å². The summed E-state index contributed by atoms with van der Waals surface area (Å²) in [6.45, 7) is 2.20. The van der Waals surface area contributed by atoms with Crippen LogP contribution in [0, 0.1) is 0 Å². The maximum atomic E-state index is 13.8. The normalized spacial score (nSPS) is 29.2. The van der Waals surface area contributed by atoms with Gasteiger partial charge in [-0.3, -0.25) is 14.6 Å². The van der Waals surface area contributed by atoms with Gasteiger partial charge in [-0.1, -0.05) is 0 Å². The first-order valence-electron chi connectivity index (χ1n) is 7.62. The lowest BCUT2D eigenvalue weighted by Crippen LogP contribution is -2.44. The lowest BCUT2D eigenvalue weighted by Gasteiger charge is -2.30. The Morgan fingerprint density at radius 2 is 2.23 bits per heavy atom. The van der Waals surface area contributed by atoms with Crippen LogP contribution >= 0.6 is 0 Å². The predicted octanol–water partition coefficient (Wildman–Crippen LogP) is 0.636. The summed E-state index contributed by atoms with van der Waals surface area (Å²) in [5, 5.41) is 0. The Morgan fingerprint density at radius 3 is 2.91 bits per heavy atom. The lowest BCUT2D eigenvalue weighted by atomic mass is 10.1. The molecule has 22 heavy (non-hydrogen) atoms. The van der Waals surface area contributed by atoms with E-state index in [-0.39, 0.29) is 18.1 Å². The van der Waals surface area contributed by atoms with Gasteiger partial charge in [0.15, 0.2) is 0 Å². The number of nitrogens with zero attached hydrogens (tertiary/aromatic N) is 4. The van der Waals surface area contributed by atoms with Gasteiger partial charge in [-0.05, 0) is 13.5 Å². The van der Waals surface area contributed by atoms with Crippen molar-refractivity contribution in [3.63, 3.8) is 0 Å². The van der Waals surface area contributed by atoms with Crippen molar-refractivity contribution >= 4 is 5.97 Å². The van der Waals surface area contributed by atoms with E-state index in [0.29, 0.717) is 39.1 Å². The Balaban J connectivity index is 1.62. The number of cyclic esters (lactones) is 1. The zero-order valence-electron chi connectivity index (χ0n) is 12.7. The number of halogens is 1. The molecule has 3 rings (SSSR count). The van der Waals surface area contributed by atoms with Crippen molar-refractivity contribution in [3.8, 4) is 0 Å². The van der Waals surface area contributed by atoms with Gasteiger partial charge in [0.25, 0.3) is 0 Å². The van der Waals surface area contributed by atoms with Crippen molar-refractivity contribution in [3.05, 3.63) is 24.3 Å². The monoisotopic (exact) mass is 308 g/mol. The Bertz CT molecular complexity index is 516. The summed E-state index contributed by atoms with van der Waals surface area (Å²) in [4.78, 5) is 23.8. The van der Waals surface area contributed by atoms with Crippen molar-refractivity contribution in [2.24, 2.45) is 0 Å². The van der Waals surface area contributed by atoms with E-state index in [0.717, 1.165) is 5.56 Å². The largest absolute Gasteiger partial charge is 0.464 e. The van der Waals surface area contributed by atoms with Gasteiger partial charge in [-0.2, -0.15) is 0 Å². The highest BCUT2D eigenvalue weighted by atomic mass is 19.1. The summed E-state index contributed by atoms with van der Waals surface area (Å²) in [6.07, 6.45) is 5.40. The zero-order valence-corrected chi connectivity index (χ0v) is 12.7. The van der Waals surface area contributed by atoms with Crippen molar-refractivity contribution in [1.29, 1.82) is 0 Å². The number of carbonyl (C=O) groups excluding carboxylic acids is 1. The molecule has 6 nitrogen and oxygen atoms in total. The minimum absolute atomic E-state index is 0.0913. The maximum absolute atomic E-state index is 13.8. The number of aromatic nitrogens is 2. The van der Waals surface area contributed by atoms with Crippen LogP contribution in [0.2, 0.25) is 0 Å². The zero-order chi connectivity index (χ0) is 15.5. The molecular formula is C15H21FN4O2. The van der Waals surface area contributed by atoms with Gasteiger partial charge >= 0.3 is 5.97 Å². The summed E-state index contributed by atoms with van der Waals surface area (Å²) < 4.78 is 18.9. The van der Waals surface area contributed by atoms with Gasteiger partial charge in [0.1, 0.15) is 18.5 Å². The second kappa shape index (κ2) is 6.66. The second-order valence-corrected chi connectivity index (χ2v) is 6.07. The van der Waals surface area contributed by atoms with E-state index in [1.165, 1.54) is 6.33 Å². The molecule has 0 N–H and O–H groups in total. The summed E-state index contributed by atoms with van der Waals surface area (Å²) >= 11 is 0. The van der Waals surface area contributed by atoms with Crippen molar-refractivity contribution in [2.75, 3.05) is 26.7 Å². The van der Waals surface area contributed by atoms with E-state index in [1.807, 2.05) is 11.9 Å². The molecule has 0 aliphatic carbocycles. The van der Waals surface area contributed by atoms with Gasteiger partial charge in [0.05, 0.1) is 6.61 Å². The van der Waals surface area contributed by atoms with Gasteiger partial charge < -0.3 is 4.74 Å². The van der Waals surface area contributed by atoms with Crippen LogP contribution in [-0.4, -0.2) is 70.7 Å². The number of hydrogen-bond donors (Lipinski definition) is 0. The Hall–Kier alpha value is -1.60. The van der Waals surface area contributed by atoms with Crippen LogP contribution in [0.1, 0.15) is 18.4 Å². The van der Waals surface area contributed by atoms with Crippen LogP contribution in [0.15, 0.2) is 18.7 Å². The molecule has 2 aliphatic rings. The smallest absolute Gasteiger partial charge is 0.323 e. The minimum Gasteiger partial charge on any atom is -0.464 e. The molecular weight excluding hydrogens is 287 g/mol. The first kappa shape index (κ1) is 15.3. The topological polar surface area (TPSA) is 58.6 Å². The highest BCUT2D eigenvalue weighted by Crippen LogP contribution is 2.24. The van der Waals surface area contributed by atoms with Gasteiger partial charge in [0.2, 0.25) is 0 Å². The molecule has 2 aliphatic heterocycles. The molecule has 3 atom stereocenters. The third-order valence-corrected chi connectivity index (χ3v) is 4.42. The van der Waals surface area contributed by atoms with Crippen molar-refractivity contribution in [2.45, 2.75) is 37.6 Å². The quantitative estimate of drug-likeness (QED) is 0.744. The fourth-order valence-electron chi connectivity index (χ4n) is 3.30. The van der Waals surface area contributed by atoms with Crippen LogP contribution in [-0.2, 0) is 16.1 Å². The summed E-state index contributed by atoms with van der Waals surface area (Å²) in [5.41, 5.74) is 0.976. The molecule has 2 fully saturated rings. The molecule has 7 heteroatoms. The first-order chi connectivity index (χ1) is 10.6. The molecule has 0 bridgehead atoms. The van der Waals surface area contributed by atoms with Gasteiger partial charge in [0, 0.05) is 50.1 Å². The number of esters is 1. The van der Waals surface area contributed by atoms with E-state index in [9.17, 15) is 9.18 Å². The van der Waals surface area contributed by atoms with E-state index >= 15 is 0 Å². The maximum Gasteiger partial charge on any atom is 0.323 e. The van der Waals surface area contributed by atoms with Crippen LogP contribution in [0.25, 0.3) is 0 Å². The Labute approximate surface area is 129 Å². The number of alkyl halides is 1. The van der Waals surface area contributed by atoms with E-state index in [1.54, 1.807) is 12.4 Å². The van der Waals surface area contributed by atoms with Crippen LogP contribution in [0.4, 0.5) is 4.39 Å². The highest BCUT2D eigenvalue weighted by Gasteiger charge is 2.36. The molecule has 1 aromatic rings. The molecule has 0 aromatic carbocycles. The van der Waals surface area contributed by atoms with Crippen molar-refractivity contribution in [1.82, 2.24) is 19.8 Å². The molecule has 0 amide bonds. The predicted molar refractivity (Wildman–Crippen MR) is 77.7 cm³/mol.